The molecule has 3 nitrogen and oxygen atoms in total. The second-order valence-corrected chi connectivity index (χ2v) is 5.40. The predicted octanol–water partition coefficient (Wildman–Crippen LogP) is 2.15. The number of hydrogen-bond acceptors (Lipinski definition) is 2. The molecule has 15 heavy (non-hydrogen) atoms. The maximum absolute atomic E-state index is 9.84. The van der Waals surface area contributed by atoms with Crippen molar-refractivity contribution >= 4 is 0 Å². The summed E-state index contributed by atoms with van der Waals surface area (Å²) >= 11 is 0. The van der Waals surface area contributed by atoms with Crippen LogP contribution in [0.4, 0.5) is 0 Å². The zero-order chi connectivity index (χ0) is 11.5. The summed E-state index contributed by atoms with van der Waals surface area (Å²) in [5, 5.41) is 13.9. The molecule has 0 saturated heterocycles. The number of aliphatic hydroxyl groups is 1. The molecule has 0 fully saturated rings. The van der Waals surface area contributed by atoms with Crippen LogP contribution in [0.3, 0.4) is 0 Å². The van der Waals surface area contributed by atoms with Gasteiger partial charge in [0.05, 0.1) is 6.10 Å². The number of nitrogens with zero attached hydrogens (tertiary/aromatic N) is 2. The Morgan fingerprint density at radius 1 is 1.47 bits per heavy atom. The highest BCUT2D eigenvalue weighted by Crippen LogP contribution is 2.22. The van der Waals surface area contributed by atoms with Crippen LogP contribution < -0.4 is 0 Å². The van der Waals surface area contributed by atoms with Crippen molar-refractivity contribution in [3.63, 3.8) is 0 Å². The third kappa shape index (κ3) is 4.47. The molecular formula is C12H22N2O. The van der Waals surface area contributed by atoms with E-state index in [1.54, 1.807) is 6.20 Å². The lowest BCUT2D eigenvalue weighted by Gasteiger charge is -2.22. The molecule has 1 rings (SSSR count). The molecule has 1 aromatic rings. The summed E-state index contributed by atoms with van der Waals surface area (Å²) in [4.78, 5) is 0. The lowest BCUT2D eigenvalue weighted by atomic mass is 9.88. The highest BCUT2D eigenvalue weighted by Gasteiger charge is 2.16. The third-order valence-electron chi connectivity index (χ3n) is 2.50. The molecule has 0 spiro atoms. The Bertz CT molecular complexity index is 299. The Kier molecular flexibility index (Phi) is 3.91. The van der Waals surface area contributed by atoms with Crippen molar-refractivity contribution in [1.82, 2.24) is 9.78 Å². The van der Waals surface area contributed by atoms with Crippen LogP contribution in [-0.2, 0) is 13.5 Å². The van der Waals surface area contributed by atoms with Gasteiger partial charge in [-0.2, -0.15) is 5.10 Å². The summed E-state index contributed by atoms with van der Waals surface area (Å²) in [6, 6.07) is 2.00. The SMILES string of the molecule is Cn1nccc1CCC(O)CC(C)(C)C. The van der Waals surface area contributed by atoms with Crippen LogP contribution in [-0.4, -0.2) is 21.0 Å². The maximum atomic E-state index is 9.84. The number of aromatic nitrogens is 2. The summed E-state index contributed by atoms with van der Waals surface area (Å²) in [6.45, 7) is 6.46. The fourth-order valence-electron chi connectivity index (χ4n) is 1.77. The maximum Gasteiger partial charge on any atom is 0.0549 e. The first-order valence-electron chi connectivity index (χ1n) is 5.53. The van der Waals surface area contributed by atoms with E-state index in [1.165, 1.54) is 5.69 Å². The molecule has 0 saturated carbocycles. The van der Waals surface area contributed by atoms with Crippen LogP contribution in [0.5, 0.6) is 0 Å². The lowest BCUT2D eigenvalue weighted by molar-refractivity contribution is 0.113. The Balaban J connectivity index is 2.35. The van der Waals surface area contributed by atoms with Crippen molar-refractivity contribution in [3.8, 4) is 0 Å². The number of rotatable bonds is 4. The van der Waals surface area contributed by atoms with Gasteiger partial charge >= 0.3 is 0 Å². The number of aryl methyl sites for hydroxylation is 2. The Morgan fingerprint density at radius 2 is 2.13 bits per heavy atom. The zero-order valence-corrected chi connectivity index (χ0v) is 10.2. The Hall–Kier alpha value is -0.830. The lowest BCUT2D eigenvalue weighted by Crippen LogP contribution is -2.18. The van der Waals surface area contributed by atoms with Gasteiger partial charge in [-0.25, -0.2) is 0 Å². The van der Waals surface area contributed by atoms with Crippen LogP contribution in [0, 0.1) is 5.41 Å². The van der Waals surface area contributed by atoms with Crippen molar-refractivity contribution in [2.45, 2.75) is 46.1 Å². The van der Waals surface area contributed by atoms with Crippen LogP contribution in [0.25, 0.3) is 0 Å². The average molecular weight is 210 g/mol. The molecule has 3 heteroatoms. The van der Waals surface area contributed by atoms with Crippen LogP contribution in [0.1, 0.15) is 39.3 Å². The molecule has 1 heterocycles. The van der Waals surface area contributed by atoms with Gasteiger partial charge in [-0.3, -0.25) is 4.68 Å². The van der Waals surface area contributed by atoms with Gasteiger partial charge in [0.1, 0.15) is 0 Å². The van der Waals surface area contributed by atoms with E-state index in [0.29, 0.717) is 0 Å². The number of aliphatic hydroxyl groups excluding tert-OH is 1. The molecule has 0 aromatic carbocycles. The zero-order valence-electron chi connectivity index (χ0n) is 10.2. The quantitative estimate of drug-likeness (QED) is 0.827. The fourth-order valence-corrected chi connectivity index (χ4v) is 1.77. The predicted molar refractivity (Wildman–Crippen MR) is 61.6 cm³/mol. The van der Waals surface area contributed by atoms with Crippen molar-refractivity contribution in [2.75, 3.05) is 0 Å². The highest BCUT2D eigenvalue weighted by atomic mass is 16.3. The first kappa shape index (κ1) is 12.2. The van der Waals surface area contributed by atoms with Crippen molar-refractivity contribution in [1.29, 1.82) is 0 Å². The average Bonchev–Trinajstić information content (AvgIpc) is 2.44. The molecule has 0 amide bonds. The summed E-state index contributed by atoms with van der Waals surface area (Å²) in [5.41, 5.74) is 1.38. The van der Waals surface area contributed by atoms with E-state index < -0.39 is 0 Å². The van der Waals surface area contributed by atoms with Crippen LogP contribution >= 0.6 is 0 Å². The van der Waals surface area contributed by atoms with E-state index in [4.69, 9.17) is 0 Å². The minimum Gasteiger partial charge on any atom is -0.393 e. The van der Waals surface area contributed by atoms with Crippen molar-refractivity contribution < 1.29 is 5.11 Å². The van der Waals surface area contributed by atoms with E-state index >= 15 is 0 Å². The molecule has 0 aliphatic rings. The summed E-state index contributed by atoms with van der Waals surface area (Å²) in [6.07, 6.45) is 4.15. The monoisotopic (exact) mass is 210 g/mol. The largest absolute Gasteiger partial charge is 0.393 e. The van der Waals surface area contributed by atoms with E-state index in [0.717, 1.165) is 19.3 Å². The van der Waals surface area contributed by atoms with E-state index in [9.17, 15) is 5.11 Å². The smallest absolute Gasteiger partial charge is 0.0549 e. The second-order valence-electron chi connectivity index (χ2n) is 5.40. The van der Waals surface area contributed by atoms with Crippen molar-refractivity contribution in [3.05, 3.63) is 18.0 Å². The topological polar surface area (TPSA) is 38.0 Å². The molecule has 1 unspecified atom stereocenters. The minimum absolute atomic E-state index is 0.200. The molecule has 1 N–H and O–H groups in total. The molecule has 0 aliphatic heterocycles. The van der Waals surface area contributed by atoms with Gasteiger partial charge in [0.15, 0.2) is 0 Å². The van der Waals surface area contributed by atoms with Gasteiger partial charge in [0.2, 0.25) is 0 Å². The van der Waals surface area contributed by atoms with Crippen LogP contribution in [0.2, 0.25) is 0 Å². The van der Waals surface area contributed by atoms with Crippen molar-refractivity contribution in [2.24, 2.45) is 12.5 Å². The Labute approximate surface area is 92.1 Å². The molecule has 0 bridgehead atoms. The van der Waals surface area contributed by atoms with E-state index in [1.807, 2.05) is 17.8 Å². The molecule has 1 atom stereocenters. The summed E-state index contributed by atoms with van der Waals surface area (Å²) in [5.74, 6) is 0. The van der Waals surface area contributed by atoms with E-state index in [-0.39, 0.29) is 11.5 Å². The molecule has 86 valence electrons. The Morgan fingerprint density at radius 3 is 2.60 bits per heavy atom. The highest BCUT2D eigenvalue weighted by molar-refractivity contribution is 5.00. The van der Waals surface area contributed by atoms with Gasteiger partial charge in [-0.15, -0.1) is 0 Å². The molecule has 1 aromatic heterocycles. The van der Waals surface area contributed by atoms with Gasteiger partial charge in [0, 0.05) is 18.9 Å². The fraction of sp³-hybridized carbons (Fsp3) is 0.750. The minimum atomic E-state index is -0.208. The normalized spacial score (nSPS) is 14.2. The standard InChI is InChI=1S/C12H22N2O/c1-12(2,3)9-11(15)6-5-10-7-8-13-14(10)4/h7-8,11,15H,5-6,9H2,1-4H3. The van der Waals surface area contributed by atoms with Gasteiger partial charge in [0.25, 0.3) is 0 Å². The van der Waals surface area contributed by atoms with E-state index in [2.05, 4.69) is 25.9 Å². The number of hydrogen-bond donors (Lipinski definition) is 1. The third-order valence-corrected chi connectivity index (χ3v) is 2.50. The van der Waals surface area contributed by atoms with Gasteiger partial charge < -0.3 is 5.11 Å². The summed E-state index contributed by atoms with van der Waals surface area (Å²) < 4.78 is 1.86. The summed E-state index contributed by atoms with van der Waals surface area (Å²) in [7, 11) is 1.94. The van der Waals surface area contributed by atoms with Gasteiger partial charge in [-0.1, -0.05) is 20.8 Å². The molecular weight excluding hydrogens is 188 g/mol. The molecule has 0 aliphatic carbocycles. The second kappa shape index (κ2) is 4.79. The first-order chi connectivity index (χ1) is 6.88. The van der Waals surface area contributed by atoms with Gasteiger partial charge in [-0.05, 0) is 30.7 Å². The van der Waals surface area contributed by atoms with Crippen LogP contribution in [0.15, 0.2) is 12.3 Å². The molecule has 0 radical (unpaired) electrons. The first-order valence-corrected chi connectivity index (χ1v) is 5.53.